The molecule has 1 amide bonds. The molecule has 2 unspecified atom stereocenters. The van der Waals surface area contributed by atoms with Crippen molar-refractivity contribution in [1.82, 2.24) is 10.6 Å². The first kappa shape index (κ1) is 14.1. The maximum absolute atomic E-state index is 12.0. The van der Waals surface area contributed by atoms with Gasteiger partial charge in [0, 0.05) is 18.4 Å². The van der Waals surface area contributed by atoms with Gasteiger partial charge >= 0.3 is 0 Å². The number of carbonyl (C=O) groups excluding carboxylic acids is 2. The predicted molar refractivity (Wildman–Crippen MR) is 64.4 cm³/mol. The van der Waals surface area contributed by atoms with Gasteiger partial charge in [0.05, 0.1) is 6.04 Å². The highest BCUT2D eigenvalue weighted by Crippen LogP contribution is 2.12. The lowest BCUT2D eigenvalue weighted by molar-refractivity contribution is -0.127. The quantitative estimate of drug-likeness (QED) is 0.709. The van der Waals surface area contributed by atoms with Crippen molar-refractivity contribution in [3.63, 3.8) is 0 Å². The van der Waals surface area contributed by atoms with Gasteiger partial charge in [-0.15, -0.1) is 0 Å². The maximum Gasteiger partial charge on any atom is 0.251 e. The molecule has 0 radical (unpaired) electrons. The SMILES string of the molecule is CC(C)NC(CC1OCNC1=O)C(=O)C(C)C. The van der Waals surface area contributed by atoms with Crippen LogP contribution in [0.3, 0.4) is 0 Å². The standard InChI is InChI=1S/C12H22N2O3/c1-7(2)11(15)9(14-8(3)4)5-10-12(16)13-6-17-10/h7-10,14H,5-6H2,1-4H3,(H,13,16). The summed E-state index contributed by atoms with van der Waals surface area (Å²) in [5, 5.41) is 5.80. The fraction of sp³-hybridized carbons (Fsp3) is 0.833. The average Bonchev–Trinajstić information content (AvgIpc) is 2.61. The molecule has 0 spiro atoms. The predicted octanol–water partition coefficient (Wildman–Crippen LogP) is 0.441. The summed E-state index contributed by atoms with van der Waals surface area (Å²) in [5.74, 6) is -0.0465. The van der Waals surface area contributed by atoms with Gasteiger partial charge in [-0.25, -0.2) is 0 Å². The van der Waals surface area contributed by atoms with Crippen LogP contribution in [0.5, 0.6) is 0 Å². The molecule has 2 atom stereocenters. The van der Waals surface area contributed by atoms with Gasteiger partial charge in [-0.3, -0.25) is 9.59 Å². The summed E-state index contributed by atoms with van der Waals surface area (Å²) in [6.45, 7) is 7.94. The fourth-order valence-electron chi connectivity index (χ4n) is 1.86. The van der Waals surface area contributed by atoms with E-state index in [0.29, 0.717) is 6.42 Å². The van der Waals surface area contributed by atoms with Crippen molar-refractivity contribution in [1.29, 1.82) is 0 Å². The number of Topliss-reactive ketones (excluding diaryl/α,β-unsaturated/α-hetero) is 1. The van der Waals surface area contributed by atoms with E-state index in [1.807, 2.05) is 27.7 Å². The third-order valence-corrected chi connectivity index (χ3v) is 2.72. The summed E-state index contributed by atoms with van der Waals surface area (Å²) in [6.07, 6.45) is -0.102. The minimum atomic E-state index is -0.506. The molecule has 1 fully saturated rings. The van der Waals surface area contributed by atoms with Gasteiger partial charge in [0.15, 0.2) is 5.78 Å². The fourth-order valence-corrected chi connectivity index (χ4v) is 1.86. The number of carbonyl (C=O) groups is 2. The van der Waals surface area contributed by atoms with Crippen molar-refractivity contribution in [3.05, 3.63) is 0 Å². The molecule has 17 heavy (non-hydrogen) atoms. The molecule has 2 N–H and O–H groups in total. The Labute approximate surface area is 102 Å². The van der Waals surface area contributed by atoms with E-state index >= 15 is 0 Å². The molecule has 0 aliphatic carbocycles. The van der Waals surface area contributed by atoms with Crippen molar-refractivity contribution in [2.24, 2.45) is 5.92 Å². The van der Waals surface area contributed by atoms with Crippen LogP contribution in [0.15, 0.2) is 0 Å². The van der Waals surface area contributed by atoms with Gasteiger partial charge in [-0.1, -0.05) is 27.7 Å². The zero-order chi connectivity index (χ0) is 13.0. The van der Waals surface area contributed by atoms with Gasteiger partial charge in [-0.05, 0) is 0 Å². The van der Waals surface area contributed by atoms with Gasteiger partial charge in [-0.2, -0.15) is 0 Å². The second kappa shape index (κ2) is 6.12. The zero-order valence-electron chi connectivity index (χ0n) is 10.9. The van der Waals surface area contributed by atoms with Gasteiger partial charge in [0.25, 0.3) is 5.91 Å². The third-order valence-electron chi connectivity index (χ3n) is 2.72. The largest absolute Gasteiger partial charge is 0.348 e. The first-order valence-corrected chi connectivity index (χ1v) is 6.11. The molecule has 98 valence electrons. The van der Waals surface area contributed by atoms with Crippen molar-refractivity contribution in [3.8, 4) is 0 Å². The van der Waals surface area contributed by atoms with Gasteiger partial charge in [0.1, 0.15) is 12.8 Å². The van der Waals surface area contributed by atoms with Gasteiger partial charge in [0.2, 0.25) is 0 Å². The van der Waals surface area contributed by atoms with Crippen molar-refractivity contribution < 1.29 is 14.3 Å². The first-order chi connectivity index (χ1) is 7.91. The minimum Gasteiger partial charge on any atom is -0.348 e. The van der Waals surface area contributed by atoms with E-state index in [1.165, 1.54) is 0 Å². The molecule has 1 rings (SSSR count). The van der Waals surface area contributed by atoms with Crippen LogP contribution in [0.4, 0.5) is 0 Å². The molecule has 0 bridgehead atoms. The summed E-state index contributed by atoms with van der Waals surface area (Å²) in [6, 6.07) is -0.115. The van der Waals surface area contributed by atoms with Crippen LogP contribution in [-0.4, -0.2) is 36.6 Å². The van der Waals surface area contributed by atoms with Crippen LogP contribution in [0.1, 0.15) is 34.1 Å². The Morgan fingerprint density at radius 1 is 1.47 bits per heavy atom. The second-order valence-corrected chi connectivity index (χ2v) is 5.01. The lowest BCUT2D eigenvalue weighted by Gasteiger charge is -2.23. The Hall–Kier alpha value is -0.940. The van der Waals surface area contributed by atoms with Crippen LogP contribution in [0, 0.1) is 5.92 Å². The van der Waals surface area contributed by atoms with E-state index in [4.69, 9.17) is 4.74 Å². The zero-order valence-corrected chi connectivity index (χ0v) is 10.9. The molecular formula is C12H22N2O3. The van der Waals surface area contributed by atoms with Crippen molar-refractivity contribution in [2.75, 3.05) is 6.73 Å². The number of ether oxygens (including phenoxy) is 1. The van der Waals surface area contributed by atoms with Crippen LogP contribution < -0.4 is 10.6 Å². The summed E-state index contributed by atoms with van der Waals surface area (Å²) >= 11 is 0. The molecular weight excluding hydrogens is 220 g/mol. The Morgan fingerprint density at radius 3 is 2.53 bits per heavy atom. The summed E-state index contributed by atoms with van der Waals surface area (Å²) in [5.41, 5.74) is 0. The van der Waals surface area contributed by atoms with E-state index in [2.05, 4.69) is 10.6 Å². The van der Waals surface area contributed by atoms with Crippen molar-refractivity contribution in [2.45, 2.75) is 52.3 Å². The Morgan fingerprint density at radius 2 is 2.12 bits per heavy atom. The number of ketones is 1. The van der Waals surface area contributed by atoms with Crippen LogP contribution >= 0.6 is 0 Å². The monoisotopic (exact) mass is 242 g/mol. The van der Waals surface area contributed by atoms with Crippen LogP contribution in [0.25, 0.3) is 0 Å². The smallest absolute Gasteiger partial charge is 0.251 e. The lowest BCUT2D eigenvalue weighted by Crippen LogP contribution is -2.46. The summed E-state index contributed by atoms with van der Waals surface area (Å²) in [4.78, 5) is 23.4. The number of hydrogen-bond acceptors (Lipinski definition) is 4. The molecule has 1 aliphatic heterocycles. The lowest BCUT2D eigenvalue weighted by atomic mass is 9.96. The number of rotatable bonds is 6. The number of amides is 1. The molecule has 0 saturated carbocycles. The molecule has 1 aliphatic rings. The van der Waals surface area contributed by atoms with E-state index in [0.717, 1.165) is 0 Å². The van der Waals surface area contributed by atoms with E-state index in [-0.39, 0.29) is 36.4 Å². The van der Waals surface area contributed by atoms with E-state index in [9.17, 15) is 9.59 Å². The highest BCUT2D eigenvalue weighted by molar-refractivity contribution is 5.88. The molecule has 5 heteroatoms. The van der Waals surface area contributed by atoms with E-state index < -0.39 is 6.10 Å². The molecule has 0 aromatic heterocycles. The first-order valence-electron chi connectivity index (χ1n) is 6.11. The number of hydrogen-bond donors (Lipinski definition) is 2. The Bertz CT molecular complexity index is 289. The normalized spacial score (nSPS) is 22.0. The number of nitrogens with one attached hydrogen (secondary N) is 2. The summed E-state index contributed by atoms with van der Waals surface area (Å²) < 4.78 is 5.25. The van der Waals surface area contributed by atoms with Gasteiger partial charge < -0.3 is 15.4 Å². The molecule has 1 heterocycles. The molecule has 1 saturated heterocycles. The molecule has 0 aromatic rings. The Kier molecular flexibility index (Phi) is 5.08. The third kappa shape index (κ3) is 4.09. The molecule has 0 aromatic carbocycles. The van der Waals surface area contributed by atoms with E-state index in [1.54, 1.807) is 0 Å². The van der Waals surface area contributed by atoms with Crippen molar-refractivity contribution >= 4 is 11.7 Å². The van der Waals surface area contributed by atoms with Crippen LogP contribution in [-0.2, 0) is 14.3 Å². The maximum atomic E-state index is 12.0. The highest BCUT2D eigenvalue weighted by Gasteiger charge is 2.32. The summed E-state index contributed by atoms with van der Waals surface area (Å²) in [7, 11) is 0. The molecule has 5 nitrogen and oxygen atoms in total. The second-order valence-electron chi connectivity index (χ2n) is 5.01. The minimum absolute atomic E-state index is 0.0456. The highest BCUT2D eigenvalue weighted by atomic mass is 16.5. The topological polar surface area (TPSA) is 67.4 Å². The Balaban J connectivity index is 2.62. The van der Waals surface area contributed by atoms with Crippen LogP contribution in [0.2, 0.25) is 0 Å². The average molecular weight is 242 g/mol.